The first-order chi connectivity index (χ1) is 13.0. The standard InChI is InChI=1S/C19H21BrF2N2O3S/c1-19(2,3)24(18(26)27)9-13(6-11-4-5-14(21)15(22)7-11)23-17(25)16-8-12(20)10-28-16/h4-5,7-8,10,13H,6,9H2,1-3H3,(H,23,25)(H,26,27)/t13-/m0/s1. The molecule has 1 aromatic carbocycles. The van der Waals surface area contributed by atoms with Crippen LogP contribution in [0.25, 0.3) is 0 Å². The summed E-state index contributed by atoms with van der Waals surface area (Å²) in [5.41, 5.74) is -0.245. The average Bonchev–Trinajstić information content (AvgIpc) is 3.01. The highest BCUT2D eigenvalue weighted by Crippen LogP contribution is 2.21. The van der Waals surface area contributed by atoms with Crippen molar-refractivity contribution < 1.29 is 23.5 Å². The van der Waals surface area contributed by atoms with E-state index >= 15 is 0 Å². The molecule has 28 heavy (non-hydrogen) atoms. The molecule has 9 heteroatoms. The van der Waals surface area contributed by atoms with Crippen LogP contribution in [0.1, 0.15) is 36.0 Å². The van der Waals surface area contributed by atoms with E-state index in [1.54, 1.807) is 32.2 Å². The van der Waals surface area contributed by atoms with Crippen LogP contribution in [0.2, 0.25) is 0 Å². The fraction of sp³-hybridized carbons (Fsp3) is 0.368. The van der Waals surface area contributed by atoms with E-state index in [1.165, 1.54) is 22.3 Å². The first-order valence-corrected chi connectivity index (χ1v) is 10.1. The molecule has 0 radical (unpaired) electrons. The molecule has 1 atom stereocenters. The molecule has 0 spiro atoms. The van der Waals surface area contributed by atoms with Crippen molar-refractivity contribution in [2.75, 3.05) is 6.54 Å². The Bertz CT molecular complexity index is 867. The molecular weight excluding hydrogens is 454 g/mol. The number of hydrogen-bond acceptors (Lipinski definition) is 3. The molecule has 1 heterocycles. The van der Waals surface area contributed by atoms with E-state index in [1.807, 2.05) is 0 Å². The molecule has 5 nitrogen and oxygen atoms in total. The van der Waals surface area contributed by atoms with E-state index in [0.29, 0.717) is 10.4 Å². The monoisotopic (exact) mass is 474 g/mol. The molecule has 0 aliphatic heterocycles. The third-order valence-electron chi connectivity index (χ3n) is 4.04. The number of carbonyl (C=O) groups is 2. The van der Waals surface area contributed by atoms with Gasteiger partial charge in [0.15, 0.2) is 11.6 Å². The van der Waals surface area contributed by atoms with Gasteiger partial charge in [0.1, 0.15) is 0 Å². The Morgan fingerprint density at radius 1 is 1.25 bits per heavy atom. The Morgan fingerprint density at radius 3 is 2.43 bits per heavy atom. The van der Waals surface area contributed by atoms with E-state index < -0.39 is 29.3 Å². The van der Waals surface area contributed by atoms with Gasteiger partial charge >= 0.3 is 6.09 Å². The highest BCUT2D eigenvalue weighted by atomic mass is 79.9. The first-order valence-electron chi connectivity index (χ1n) is 8.46. The summed E-state index contributed by atoms with van der Waals surface area (Å²) in [5.74, 6) is -2.31. The Balaban J connectivity index is 2.26. The van der Waals surface area contributed by atoms with Crippen molar-refractivity contribution in [1.29, 1.82) is 0 Å². The fourth-order valence-electron chi connectivity index (χ4n) is 2.66. The van der Waals surface area contributed by atoms with E-state index in [0.717, 1.165) is 16.6 Å². The predicted molar refractivity (Wildman–Crippen MR) is 108 cm³/mol. The van der Waals surface area contributed by atoms with E-state index in [-0.39, 0.29) is 18.9 Å². The smallest absolute Gasteiger partial charge is 0.407 e. The van der Waals surface area contributed by atoms with Crippen LogP contribution < -0.4 is 5.32 Å². The maximum absolute atomic E-state index is 13.6. The van der Waals surface area contributed by atoms with Gasteiger partial charge in [-0.1, -0.05) is 6.07 Å². The molecule has 1 aromatic heterocycles. The van der Waals surface area contributed by atoms with Crippen LogP contribution in [0, 0.1) is 11.6 Å². The number of hydrogen-bond donors (Lipinski definition) is 2. The number of benzene rings is 1. The van der Waals surface area contributed by atoms with Crippen molar-refractivity contribution in [2.45, 2.75) is 38.8 Å². The van der Waals surface area contributed by atoms with Crippen LogP contribution in [-0.4, -0.2) is 40.1 Å². The van der Waals surface area contributed by atoms with Crippen LogP contribution in [0.15, 0.2) is 34.1 Å². The van der Waals surface area contributed by atoms with Gasteiger partial charge in [-0.3, -0.25) is 4.79 Å². The number of halogens is 3. The van der Waals surface area contributed by atoms with Crippen molar-refractivity contribution in [3.05, 3.63) is 56.2 Å². The molecule has 0 fully saturated rings. The molecule has 2 amide bonds. The molecule has 0 unspecified atom stereocenters. The molecule has 152 valence electrons. The van der Waals surface area contributed by atoms with Gasteiger partial charge in [0.05, 0.1) is 10.9 Å². The molecule has 0 saturated carbocycles. The van der Waals surface area contributed by atoms with Crippen LogP contribution in [0.4, 0.5) is 13.6 Å². The van der Waals surface area contributed by atoms with Gasteiger partial charge in [-0.25, -0.2) is 13.6 Å². The minimum Gasteiger partial charge on any atom is -0.465 e. The SMILES string of the molecule is CC(C)(C)N(C[C@H](Cc1ccc(F)c(F)c1)NC(=O)c1cc(Br)cs1)C(=O)O. The average molecular weight is 475 g/mol. The Hall–Kier alpha value is -2.00. The van der Waals surface area contributed by atoms with Crippen LogP contribution in [-0.2, 0) is 6.42 Å². The number of carboxylic acid groups (broad SMARTS) is 1. The second kappa shape index (κ2) is 9.00. The summed E-state index contributed by atoms with van der Waals surface area (Å²) in [5, 5.41) is 14.1. The summed E-state index contributed by atoms with van der Waals surface area (Å²) >= 11 is 4.53. The second-order valence-electron chi connectivity index (χ2n) is 7.32. The largest absolute Gasteiger partial charge is 0.465 e. The zero-order chi connectivity index (χ0) is 21.1. The van der Waals surface area contributed by atoms with E-state index in [4.69, 9.17) is 0 Å². The maximum Gasteiger partial charge on any atom is 0.407 e. The lowest BCUT2D eigenvalue weighted by molar-refractivity contribution is 0.0824. The summed E-state index contributed by atoms with van der Waals surface area (Å²) in [6, 6.07) is 4.51. The van der Waals surface area contributed by atoms with Crippen LogP contribution in [0.5, 0.6) is 0 Å². The van der Waals surface area contributed by atoms with E-state index in [9.17, 15) is 23.5 Å². The van der Waals surface area contributed by atoms with Crippen molar-refractivity contribution in [2.24, 2.45) is 0 Å². The number of nitrogens with zero attached hydrogens (tertiary/aromatic N) is 1. The third-order valence-corrected chi connectivity index (χ3v) is 5.73. The molecule has 0 aliphatic rings. The van der Waals surface area contributed by atoms with Crippen molar-refractivity contribution in [1.82, 2.24) is 10.2 Å². The van der Waals surface area contributed by atoms with Crippen molar-refractivity contribution >= 4 is 39.3 Å². The lowest BCUT2D eigenvalue weighted by Crippen LogP contribution is -2.53. The molecule has 0 aliphatic carbocycles. The third kappa shape index (κ3) is 6.00. The van der Waals surface area contributed by atoms with Gasteiger partial charge in [0.25, 0.3) is 5.91 Å². The van der Waals surface area contributed by atoms with Crippen molar-refractivity contribution in [3.8, 4) is 0 Å². The quantitative estimate of drug-likeness (QED) is 0.624. The molecule has 0 saturated heterocycles. The molecule has 0 bridgehead atoms. The van der Waals surface area contributed by atoms with E-state index in [2.05, 4.69) is 21.2 Å². The normalized spacial score (nSPS) is 12.5. The maximum atomic E-state index is 13.6. The fourth-order valence-corrected chi connectivity index (χ4v) is 3.99. The Kier molecular flexibility index (Phi) is 7.16. The minimum atomic E-state index is -1.13. The highest BCUT2D eigenvalue weighted by molar-refractivity contribution is 9.10. The summed E-state index contributed by atoms with van der Waals surface area (Å²) < 4.78 is 27.5. The zero-order valence-corrected chi connectivity index (χ0v) is 18.0. The number of carbonyl (C=O) groups excluding carboxylic acids is 1. The molecule has 2 N–H and O–H groups in total. The van der Waals surface area contributed by atoms with Gasteiger partial charge in [-0.2, -0.15) is 0 Å². The summed E-state index contributed by atoms with van der Waals surface area (Å²) in [6.45, 7) is 5.23. The minimum absolute atomic E-state index is 0.00386. The zero-order valence-electron chi connectivity index (χ0n) is 15.6. The van der Waals surface area contributed by atoms with Gasteiger partial charge in [0, 0.05) is 21.9 Å². The first kappa shape index (κ1) is 22.3. The van der Waals surface area contributed by atoms with Gasteiger partial charge in [-0.05, 0) is 66.9 Å². The number of rotatable bonds is 6. The second-order valence-corrected chi connectivity index (χ2v) is 9.14. The van der Waals surface area contributed by atoms with Crippen LogP contribution >= 0.6 is 27.3 Å². The number of nitrogens with one attached hydrogen (secondary N) is 1. The molecule has 2 aromatic rings. The van der Waals surface area contributed by atoms with Gasteiger partial charge in [0.2, 0.25) is 0 Å². The summed E-state index contributed by atoms with van der Waals surface area (Å²) in [7, 11) is 0. The summed E-state index contributed by atoms with van der Waals surface area (Å²) in [4.78, 5) is 25.9. The lowest BCUT2D eigenvalue weighted by Gasteiger charge is -2.36. The summed E-state index contributed by atoms with van der Waals surface area (Å²) in [6.07, 6.45) is -0.981. The van der Waals surface area contributed by atoms with Gasteiger partial charge < -0.3 is 15.3 Å². The molecular formula is C19H21BrF2N2O3S. The highest BCUT2D eigenvalue weighted by Gasteiger charge is 2.30. The number of thiophene rings is 1. The topological polar surface area (TPSA) is 69.6 Å². The molecule has 2 rings (SSSR count). The lowest BCUT2D eigenvalue weighted by atomic mass is 10.0. The predicted octanol–water partition coefficient (Wildman–Crippen LogP) is 4.91. The van der Waals surface area contributed by atoms with Crippen molar-refractivity contribution in [3.63, 3.8) is 0 Å². The Labute approximate surface area is 174 Å². The number of amides is 2. The Morgan fingerprint density at radius 2 is 1.93 bits per heavy atom. The van der Waals surface area contributed by atoms with Gasteiger partial charge in [-0.15, -0.1) is 11.3 Å². The van der Waals surface area contributed by atoms with Crippen LogP contribution in [0.3, 0.4) is 0 Å².